The van der Waals surface area contributed by atoms with E-state index in [4.69, 9.17) is 4.74 Å². The van der Waals surface area contributed by atoms with Crippen LogP contribution >= 0.6 is 11.3 Å². The maximum Gasteiger partial charge on any atom is 0.254 e. The Labute approximate surface area is 205 Å². The van der Waals surface area contributed by atoms with Crippen LogP contribution in [0.15, 0.2) is 66.0 Å². The second-order valence-electron chi connectivity index (χ2n) is 9.27. The lowest BCUT2D eigenvalue weighted by molar-refractivity contribution is -0.135. The molecular formula is C28H30N2O3S. The number of benzene rings is 2. The Morgan fingerprint density at radius 3 is 2.68 bits per heavy atom. The highest BCUT2D eigenvalue weighted by atomic mass is 32.1. The maximum atomic E-state index is 13.6. The highest BCUT2D eigenvalue weighted by molar-refractivity contribution is 7.10. The van der Waals surface area contributed by atoms with E-state index in [1.165, 1.54) is 10.4 Å². The number of carbonyl (C=O) groups is 2. The smallest absolute Gasteiger partial charge is 0.254 e. The highest BCUT2D eigenvalue weighted by Crippen LogP contribution is 2.35. The van der Waals surface area contributed by atoms with Crippen molar-refractivity contribution >= 4 is 23.2 Å². The number of nitrogens with zero attached hydrogens (tertiary/aromatic N) is 2. The third kappa shape index (κ3) is 5.17. The molecule has 0 N–H and O–H groups in total. The van der Waals surface area contributed by atoms with Crippen LogP contribution in [-0.4, -0.2) is 47.9 Å². The van der Waals surface area contributed by atoms with Crippen molar-refractivity contribution in [3.8, 4) is 5.75 Å². The van der Waals surface area contributed by atoms with Crippen LogP contribution in [0.1, 0.15) is 45.2 Å². The number of thiophene rings is 1. The normalized spacial score (nSPS) is 17.2. The van der Waals surface area contributed by atoms with Gasteiger partial charge in [0, 0.05) is 23.5 Å². The van der Waals surface area contributed by atoms with E-state index in [1.54, 1.807) is 16.2 Å². The van der Waals surface area contributed by atoms with E-state index >= 15 is 0 Å². The van der Waals surface area contributed by atoms with E-state index in [-0.39, 0.29) is 24.4 Å². The van der Waals surface area contributed by atoms with Crippen LogP contribution in [0.2, 0.25) is 0 Å². The SMILES string of the molecule is Cc1cccc(C(=O)N(CC(=O)N2CCc3sccc3[C@@H]2COc2ccccc2)CC2CC2)c1. The van der Waals surface area contributed by atoms with Crippen molar-refractivity contribution in [3.05, 3.63) is 87.6 Å². The monoisotopic (exact) mass is 474 g/mol. The summed E-state index contributed by atoms with van der Waals surface area (Å²) < 4.78 is 6.09. The third-order valence-corrected chi connectivity index (χ3v) is 7.62. The van der Waals surface area contributed by atoms with E-state index in [1.807, 2.05) is 66.4 Å². The van der Waals surface area contributed by atoms with Crippen LogP contribution in [0, 0.1) is 12.8 Å². The molecule has 34 heavy (non-hydrogen) atoms. The van der Waals surface area contributed by atoms with Crippen LogP contribution < -0.4 is 4.74 Å². The zero-order chi connectivity index (χ0) is 23.5. The van der Waals surface area contributed by atoms with Gasteiger partial charge >= 0.3 is 0 Å². The average Bonchev–Trinajstić information content (AvgIpc) is 3.54. The van der Waals surface area contributed by atoms with Crippen molar-refractivity contribution < 1.29 is 14.3 Å². The van der Waals surface area contributed by atoms with E-state index in [0.717, 1.165) is 30.6 Å². The molecular weight excluding hydrogens is 444 g/mol. The largest absolute Gasteiger partial charge is 0.491 e. The number of hydrogen-bond acceptors (Lipinski definition) is 4. The molecule has 6 heteroatoms. The first-order valence-electron chi connectivity index (χ1n) is 12.0. The maximum absolute atomic E-state index is 13.6. The summed E-state index contributed by atoms with van der Waals surface area (Å²) in [6.07, 6.45) is 3.09. The van der Waals surface area contributed by atoms with Gasteiger partial charge in [0.25, 0.3) is 5.91 Å². The quantitative estimate of drug-likeness (QED) is 0.456. The van der Waals surface area contributed by atoms with Crippen molar-refractivity contribution in [2.45, 2.75) is 32.2 Å². The first-order chi connectivity index (χ1) is 16.6. The molecule has 1 aliphatic heterocycles. The second-order valence-corrected chi connectivity index (χ2v) is 10.3. The summed E-state index contributed by atoms with van der Waals surface area (Å²) in [5.41, 5.74) is 2.86. The predicted molar refractivity (Wildman–Crippen MR) is 134 cm³/mol. The fourth-order valence-electron chi connectivity index (χ4n) is 4.61. The van der Waals surface area contributed by atoms with Crippen LogP contribution in [0.3, 0.4) is 0 Å². The number of fused-ring (bicyclic) bond motifs is 1. The van der Waals surface area contributed by atoms with Gasteiger partial charge in [0.05, 0.1) is 6.04 Å². The van der Waals surface area contributed by atoms with Gasteiger partial charge in [-0.15, -0.1) is 11.3 Å². The Morgan fingerprint density at radius 2 is 1.91 bits per heavy atom. The Balaban J connectivity index is 1.34. The summed E-state index contributed by atoms with van der Waals surface area (Å²) >= 11 is 1.74. The third-order valence-electron chi connectivity index (χ3n) is 6.62. The van der Waals surface area contributed by atoms with Gasteiger partial charge < -0.3 is 14.5 Å². The first-order valence-corrected chi connectivity index (χ1v) is 12.9. The number of carbonyl (C=O) groups excluding carboxylic acids is 2. The molecule has 0 saturated heterocycles. The van der Waals surface area contributed by atoms with Gasteiger partial charge in [0.2, 0.25) is 5.91 Å². The minimum Gasteiger partial charge on any atom is -0.491 e. The Bertz CT molecular complexity index is 1160. The molecule has 0 radical (unpaired) electrons. The topological polar surface area (TPSA) is 49.9 Å². The summed E-state index contributed by atoms with van der Waals surface area (Å²) in [5, 5.41) is 2.09. The lowest BCUT2D eigenvalue weighted by Crippen LogP contribution is -2.48. The highest BCUT2D eigenvalue weighted by Gasteiger charge is 2.35. The second kappa shape index (κ2) is 10.0. The van der Waals surface area contributed by atoms with E-state index in [0.29, 0.717) is 31.2 Å². The van der Waals surface area contributed by atoms with Gasteiger partial charge in [0.15, 0.2) is 0 Å². The zero-order valence-electron chi connectivity index (χ0n) is 19.5. The van der Waals surface area contributed by atoms with Gasteiger partial charge in [-0.3, -0.25) is 9.59 Å². The van der Waals surface area contributed by atoms with Crippen molar-refractivity contribution in [2.75, 3.05) is 26.2 Å². The molecule has 1 aliphatic carbocycles. The van der Waals surface area contributed by atoms with Gasteiger partial charge in [-0.25, -0.2) is 0 Å². The summed E-state index contributed by atoms with van der Waals surface area (Å²) in [6, 6.07) is 19.3. The summed E-state index contributed by atoms with van der Waals surface area (Å²) in [4.78, 5) is 32.0. The molecule has 5 rings (SSSR count). The molecule has 5 nitrogen and oxygen atoms in total. The minimum atomic E-state index is -0.153. The number of rotatable bonds is 8. The number of para-hydroxylation sites is 1. The molecule has 176 valence electrons. The van der Waals surface area contributed by atoms with Crippen molar-refractivity contribution in [1.82, 2.24) is 9.80 Å². The molecule has 1 fully saturated rings. The Morgan fingerprint density at radius 1 is 1.09 bits per heavy atom. The molecule has 0 unspecified atom stereocenters. The lowest BCUT2D eigenvalue weighted by Gasteiger charge is -2.37. The molecule has 0 bridgehead atoms. The van der Waals surface area contributed by atoms with Gasteiger partial charge in [-0.05, 0) is 73.4 Å². The predicted octanol–water partition coefficient (Wildman–Crippen LogP) is 5.11. The molecule has 0 spiro atoms. The van der Waals surface area contributed by atoms with Crippen LogP contribution in [0.4, 0.5) is 0 Å². The molecule has 1 atom stereocenters. The summed E-state index contributed by atoms with van der Waals surface area (Å²) in [5.74, 6) is 1.22. The fourth-order valence-corrected chi connectivity index (χ4v) is 5.54. The number of ether oxygens (including phenoxy) is 1. The Hall–Kier alpha value is -3.12. The number of amides is 2. The number of aryl methyl sites for hydroxylation is 1. The van der Waals surface area contributed by atoms with E-state index in [2.05, 4.69) is 11.4 Å². The van der Waals surface area contributed by atoms with Gasteiger partial charge in [-0.2, -0.15) is 0 Å². The standard InChI is InChI=1S/C28H30N2O3S/c1-20-6-5-7-22(16-20)28(32)29(17-21-10-11-21)18-27(31)30-14-12-26-24(13-15-34-26)25(30)19-33-23-8-3-2-4-9-23/h2-9,13,15-16,21,25H,10-12,14,17-19H2,1H3/t25-/m0/s1. The zero-order valence-corrected chi connectivity index (χ0v) is 20.3. The van der Waals surface area contributed by atoms with Crippen molar-refractivity contribution in [1.29, 1.82) is 0 Å². The number of hydrogen-bond donors (Lipinski definition) is 0. The Kier molecular flexibility index (Phi) is 6.68. The molecule has 2 aromatic carbocycles. The molecule has 2 amide bonds. The van der Waals surface area contributed by atoms with Crippen molar-refractivity contribution in [2.24, 2.45) is 5.92 Å². The molecule has 1 aromatic heterocycles. The van der Waals surface area contributed by atoms with E-state index < -0.39 is 0 Å². The van der Waals surface area contributed by atoms with Gasteiger partial charge in [-0.1, -0.05) is 35.9 Å². The average molecular weight is 475 g/mol. The van der Waals surface area contributed by atoms with Gasteiger partial charge in [0.1, 0.15) is 18.9 Å². The summed E-state index contributed by atoms with van der Waals surface area (Å²) in [7, 11) is 0. The first kappa shape index (κ1) is 22.7. The van der Waals surface area contributed by atoms with Crippen LogP contribution in [0.25, 0.3) is 0 Å². The summed E-state index contributed by atoms with van der Waals surface area (Å²) in [6.45, 7) is 3.77. The lowest BCUT2D eigenvalue weighted by atomic mass is 10.00. The molecule has 1 saturated carbocycles. The van der Waals surface area contributed by atoms with Crippen molar-refractivity contribution in [3.63, 3.8) is 0 Å². The van der Waals surface area contributed by atoms with Crippen LogP contribution in [0.5, 0.6) is 5.75 Å². The molecule has 2 heterocycles. The van der Waals surface area contributed by atoms with Crippen LogP contribution in [-0.2, 0) is 11.2 Å². The fraction of sp³-hybridized carbons (Fsp3) is 0.357. The minimum absolute atomic E-state index is 0.0137. The van der Waals surface area contributed by atoms with E-state index in [9.17, 15) is 9.59 Å². The molecule has 2 aliphatic rings. The molecule has 3 aromatic rings.